The summed E-state index contributed by atoms with van der Waals surface area (Å²) in [6.45, 7) is 7.18. The zero-order valence-corrected chi connectivity index (χ0v) is 9.54. The Bertz CT molecular complexity index is 220. The summed E-state index contributed by atoms with van der Waals surface area (Å²) in [7, 11) is 0. The molecule has 15 heavy (non-hydrogen) atoms. The molecule has 4 heteroatoms. The standard InChI is InChI=1S/C11H21N3O/c1-2-5-12-11(15)14-8-10(9-14)13-6-3-4-7-13/h10H,2-9H2,1H3,(H,12,15). The highest BCUT2D eigenvalue weighted by atomic mass is 16.2. The first-order valence-corrected chi connectivity index (χ1v) is 6.08. The Morgan fingerprint density at radius 3 is 2.60 bits per heavy atom. The molecule has 0 aromatic rings. The van der Waals surface area contributed by atoms with Crippen molar-refractivity contribution >= 4 is 6.03 Å². The van der Waals surface area contributed by atoms with Crippen LogP contribution in [0, 0.1) is 0 Å². The molecule has 2 aliphatic rings. The molecule has 1 N–H and O–H groups in total. The van der Waals surface area contributed by atoms with E-state index in [1.165, 1.54) is 25.9 Å². The molecule has 2 rings (SSSR count). The maximum atomic E-state index is 11.5. The third-order valence-electron chi connectivity index (χ3n) is 3.33. The minimum atomic E-state index is 0.118. The molecule has 0 aromatic heterocycles. The summed E-state index contributed by atoms with van der Waals surface area (Å²) in [5.41, 5.74) is 0. The molecule has 0 radical (unpaired) electrons. The first kappa shape index (κ1) is 10.7. The molecule has 2 amide bonds. The number of carbonyl (C=O) groups excluding carboxylic acids is 1. The molecule has 0 atom stereocenters. The maximum absolute atomic E-state index is 11.5. The molecule has 2 aliphatic heterocycles. The van der Waals surface area contributed by atoms with Crippen LogP contribution in [0.4, 0.5) is 4.79 Å². The molecule has 0 bridgehead atoms. The highest BCUT2D eigenvalue weighted by molar-refractivity contribution is 5.75. The van der Waals surface area contributed by atoms with Gasteiger partial charge in [-0.25, -0.2) is 4.79 Å². The zero-order valence-electron chi connectivity index (χ0n) is 9.54. The van der Waals surface area contributed by atoms with Gasteiger partial charge in [-0.05, 0) is 32.4 Å². The molecule has 0 spiro atoms. The van der Waals surface area contributed by atoms with Crippen LogP contribution in [0.1, 0.15) is 26.2 Å². The van der Waals surface area contributed by atoms with Crippen LogP contribution in [0.5, 0.6) is 0 Å². The molecule has 2 fully saturated rings. The van der Waals surface area contributed by atoms with Crippen LogP contribution in [-0.4, -0.2) is 54.6 Å². The Labute approximate surface area is 91.6 Å². The van der Waals surface area contributed by atoms with Gasteiger partial charge in [0.05, 0.1) is 0 Å². The molecular formula is C11H21N3O. The van der Waals surface area contributed by atoms with Crippen molar-refractivity contribution in [3.05, 3.63) is 0 Å². The maximum Gasteiger partial charge on any atom is 0.317 e. The number of nitrogens with one attached hydrogen (secondary N) is 1. The van der Waals surface area contributed by atoms with E-state index in [0.29, 0.717) is 6.04 Å². The average Bonchev–Trinajstić information content (AvgIpc) is 2.65. The summed E-state index contributed by atoms with van der Waals surface area (Å²) in [5, 5.41) is 2.91. The zero-order chi connectivity index (χ0) is 10.7. The number of likely N-dealkylation sites (tertiary alicyclic amines) is 2. The summed E-state index contributed by atoms with van der Waals surface area (Å²) in [6, 6.07) is 0.757. The third kappa shape index (κ3) is 2.43. The van der Waals surface area contributed by atoms with E-state index >= 15 is 0 Å². The van der Waals surface area contributed by atoms with Gasteiger partial charge in [-0.3, -0.25) is 4.90 Å². The van der Waals surface area contributed by atoms with Gasteiger partial charge in [-0.2, -0.15) is 0 Å². The quantitative estimate of drug-likeness (QED) is 0.752. The van der Waals surface area contributed by atoms with Crippen LogP contribution in [0.15, 0.2) is 0 Å². The van der Waals surface area contributed by atoms with Crippen molar-refractivity contribution in [3.63, 3.8) is 0 Å². The van der Waals surface area contributed by atoms with Crippen molar-refractivity contribution in [2.45, 2.75) is 32.2 Å². The van der Waals surface area contributed by atoms with Crippen LogP contribution in [0.3, 0.4) is 0 Å². The Hall–Kier alpha value is -0.770. The summed E-state index contributed by atoms with van der Waals surface area (Å²) in [6.07, 6.45) is 3.67. The monoisotopic (exact) mass is 211 g/mol. The van der Waals surface area contributed by atoms with Crippen molar-refractivity contribution in [3.8, 4) is 0 Å². The number of urea groups is 1. The Morgan fingerprint density at radius 2 is 2.00 bits per heavy atom. The van der Waals surface area contributed by atoms with E-state index in [9.17, 15) is 4.79 Å². The molecule has 2 saturated heterocycles. The number of carbonyl (C=O) groups is 1. The molecule has 2 heterocycles. The minimum Gasteiger partial charge on any atom is -0.338 e. The van der Waals surface area contributed by atoms with Gasteiger partial charge in [-0.15, -0.1) is 0 Å². The van der Waals surface area contributed by atoms with Crippen LogP contribution >= 0.6 is 0 Å². The first-order valence-electron chi connectivity index (χ1n) is 6.08. The van der Waals surface area contributed by atoms with E-state index < -0.39 is 0 Å². The van der Waals surface area contributed by atoms with E-state index in [1.807, 2.05) is 4.90 Å². The predicted molar refractivity (Wildman–Crippen MR) is 59.9 cm³/mol. The number of hydrogen-bond acceptors (Lipinski definition) is 2. The van der Waals surface area contributed by atoms with Crippen LogP contribution in [0.25, 0.3) is 0 Å². The van der Waals surface area contributed by atoms with Crippen molar-refractivity contribution in [2.24, 2.45) is 0 Å². The lowest BCUT2D eigenvalue weighted by Crippen LogP contribution is -2.62. The minimum absolute atomic E-state index is 0.118. The van der Waals surface area contributed by atoms with E-state index in [2.05, 4.69) is 17.1 Å². The van der Waals surface area contributed by atoms with Crippen LogP contribution in [0.2, 0.25) is 0 Å². The van der Waals surface area contributed by atoms with Gasteiger partial charge in [0.1, 0.15) is 0 Å². The number of rotatable bonds is 3. The van der Waals surface area contributed by atoms with Crippen LogP contribution in [-0.2, 0) is 0 Å². The first-order chi connectivity index (χ1) is 7.31. The molecule has 0 unspecified atom stereocenters. The second-order valence-electron chi connectivity index (χ2n) is 4.53. The van der Waals surface area contributed by atoms with Gasteiger partial charge in [-0.1, -0.05) is 6.92 Å². The predicted octanol–water partition coefficient (Wildman–Crippen LogP) is 0.886. The SMILES string of the molecule is CCCNC(=O)N1CC(N2CCCC2)C1. The molecular weight excluding hydrogens is 190 g/mol. The van der Waals surface area contributed by atoms with E-state index in [-0.39, 0.29) is 6.03 Å². The fourth-order valence-corrected chi connectivity index (χ4v) is 2.30. The van der Waals surface area contributed by atoms with Gasteiger partial charge in [0, 0.05) is 25.7 Å². The van der Waals surface area contributed by atoms with Crippen molar-refractivity contribution < 1.29 is 4.79 Å². The van der Waals surface area contributed by atoms with E-state index in [0.717, 1.165) is 26.1 Å². The Morgan fingerprint density at radius 1 is 1.33 bits per heavy atom. The number of amides is 2. The summed E-state index contributed by atoms with van der Waals surface area (Å²) >= 11 is 0. The average molecular weight is 211 g/mol. The largest absolute Gasteiger partial charge is 0.338 e. The normalized spacial score (nSPS) is 22.9. The molecule has 0 saturated carbocycles. The Balaban J connectivity index is 1.66. The lowest BCUT2D eigenvalue weighted by Gasteiger charge is -2.43. The van der Waals surface area contributed by atoms with Crippen molar-refractivity contribution in [2.75, 3.05) is 32.7 Å². The van der Waals surface area contributed by atoms with Gasteiger partial charge in [0.2, 0.25) is 0 Å². The smallest absolute Gasteiger partial charge is 0.317 e. The van der Waals surface area contributed by atoms with Gasteiger partial charge in [0.15, 0.2) is 0 Å². The van der Waals surface area contributed by atoms with E-state index in [1.54, 1.807) is 0 Å². The molecule has 0 aromatic carbocycles. The summed E-state index contributed by atoms with van der Waals surface area (Å²) in [5.74, 6) is 0. The molecule has 86 valence electrons. The highest BCUT2D eigenvalue weighted by Gasteiger charge is 2.35. The topological polar surface area (TPSA) is 35.6 Å². The fraction of sp³-hybridized carbons (Fsp3) is 0.909. The Kier molecular flexibility index (Phi) is 3.46. The summed E-state index contributed by atoms with van der Waals surface area (Å²) in [4.78, 5) is 16.0. The van der Waals surface area contributed by atoms with E-state index in [4.69, 9.17) is 0 Å². The summed E-state index contributed by atoms with van der Waals surface area (Å²) < 4.78 is 0. The number of nitrogens with zero attached hydrogens (tertiary/aromatic N) is 2. The highest BCUT2D eigenvalue weighted by Crippen LogP contribution is 2.19. The molecule has 4 nitrogen and oxygen atoms in total. The van der Waals surface area contributed by atoms with Gasteiger partial charge >= 0.3 is 6.03 Å². The van der Waals surface area contributed by atoms with Crippen LogP contribution < -0.4 is 5.32 Å². The number of hydrogen-bond donors (Lipinski definition) is 1. The lowest BCUT2D eigenvalue weighted by atomic mass is 10.1. The van der Waals surface area contributed by atoms with Gasteiger partial charge in [0.25, 0.3) is 0 Å². The lowest BCUT2D eigenvalue weighted by molar-refractivity contribution is 0.0718. The second-order valence-corrected chi connectivity index (χ2v) is 4.53. The molecule has 0 aliphatic carbocycles. The van der Waals surface area contributed by atoms with Crippen molar-refractivity contribution in [1.29, 1.82) is 0 Å². The van der Waals surface area contributed by atoms with Crippen molar-refractivity contribution in [1.82, 2.24) is 15.1 Å². The third-order valence-corrected chi connectivity index (χ3v) is 3.33. The fourth-order valence-electron chi connectivity index (χ4n) is 2.30. The second kappa shape index (κ2) is 4.84. The van der Waals surface area contributed by atoms with Gasteiger partial charge < -0.3 is 10.2 Å².